The Morgan fingerprint density at radius 2 is 2.33 bits per heavy atom. The van der Waals surface area contributed by atoms with Crippen molar-refractivity contribution < 1.29 is 4.74 Å². The summed E-state index contributed by atoms with van der Waals surface area (Å²) < 4.78 is 7.21. The molecule has 0 aliphatic carbocycles. The first-order chi connectivity index (χ1) is 10.2. The summed E-state index contributed by atoms with van der Waals surface area (Å²) in [6.45, 7) is 3.19. The summed E-state index contributed by atoms with van der Waals surface area (Å²) in [6, 6.07) is 1.79. The van der Waals surface area contributed by atoms with Crippen LogP contribution in [0.5, 0.6) is 0 Å². The molecule has 3 heterocycles. The Bertz CT molecular complexity index is 587. The van der Waals surface area contributed by atoms with Gasteiger partial charge >= 0.3 is 0 Å². The summed E-state index contributed by atoms with van der Waals surface area (Å²) in [5, 5.41) is 7.22. The highest BCUT2D eigenvalue weighted by molar-refractivity contribution is 5.34. The van der Waals surface area contributed by atoms with Gasteiger partial charge in [0.15, 0.2) is 0 Å². The molecular formula is C12H18N8O. The van der Waals surface area contributed by atoms with Crippen LogP contribution in [0.4, 0.5) is 11.9 Å². The molecule has 3 rings (SSSR count). The number of anilines is 2. The molecule has 0 aromatic carbocycles. The minimum atomic E-state index is 0.106. The Morgan fingerprint density at radius 3 is 3.10 bits per heavy atom. The van der Waals surface area contributed by atoms with Gasteiger partial charge in [0.25, 0.3) is 5.95 Å². The number of morpholine rings is 1. The first-order valence-corrected chi connectivity index (χ1v) is 6.76. The van der Waals surface area contributed by atoms with Gasteiger partial charge in [-0.3, -0.25) is 0 Å². The summed E-state index contributed by atoms with van der Waals surface area (Å²) >= 11 is 0. The molecule has 0 spiro atoms. The zero-order valence-corrected chi connectivity index (χ0v) is 11.8. The highest BCUT2D eigenvalue weighted by atomic mass is 16.5. The van der Waals surface area contributed by atoms with Crippen LogP contribution in [0.3, 0.4) is 0 Å². The molecule has 0 amide bonds. The number of hydrogen-bond donors (Lipinski definition) is 2. The van der Waals surface area contributed by atoms with Crippen molar-refractivity contribution in [2.45, 2.75) is 6.10 Å². The Balaban J connectivity index is 1.68. The fourth-order valence-electron chi connectivity index (χ4n) is 2.14. The van der Waals surface area contributed by atoms with Crippen molar-refractivity contribution in [1.82, 2.24) is 29.6 Å². The number of ether oxygens (including phenoxy) is 1. The predicted octanol–water partition coefficient (Wildman–Crippen LogP) is -0.618. The van der Waals surface area contributed by atoms with Gasteiger partial charge in [0.1, 0.15) is 0 Å². The average Bonchev–Trinajstić information content (AvgIpc) is 2.99. The van der Waals surface area contributed by atoms with E-state index in [1.54, 1.807) is 18.5 Å². The third-order valence-electron chi connectivity index (χ3n) is 3.18. The van der Waals surface area contributed by atoms with E-state index in [2.05, 4.69) is 37.3 Å². The van der Waals surface area contributed by atoms with Gasteiger partial charge < -0.3 is 20.7 Å². The number of nitrogens with two attached hydrogens (primary N) is 1. The van der Waals surface area contributed by atoms with Crippen molar-refractivity contribution in [1.29, 1.82) is 0 Å². The Labute approximate surface area is 122 Å². The van der Waals surface area contributed by atoms with Crippen LogP contribution in [-0.4, -0.2) is 69.0 Å². The Morgan fingerprint density at radius 1 is 1.43 bits per heavy atom. The van der Waals surface area contributed by atoms with Crippen molar-refractivity contribution in [2.24, 2.45) is 0 Å². The van der Waals surface area contributed by atoms with E-state index in [-0.39, 0.29) is 12.1 Å². The van der Waals surface area contributed by atoms with E-state index in [0.29, 0.717) is 18.4 Å². The van der Waals surface area contributed by atoms with Crippen LogP contribution < -0.4 is 11.1 Å². The molecule has 3 N–H and O–H groups in total. The van der Waals surface area contributed by atoms with Crippen LogP contribution in [0, 0.1) is 0 Å². The molecule has 2 aromatic rings. The van der Waals surface area contributed by atoms with E-state index in [0.717, 1.165) is 19.7 Å². The van der Waals surface area contributed by atoms with E-state index in [1.807, 2.05) is 0 Å². The molecule has 1 fully saturated rings. The minimum Gasteiger partial charge on any atom is -0.374 e. The van der Waals surface area contributed by atoms with E-state index in [9.17, 15) is 0 Å². The van der Waals surface area contributed by atoms with Crippen LogP contribution in [0.1, 0.15) is 0 Å². The molecule has 1 aliphatic rings. The second-order valence-corrected chi connectivity index (χ2v) is 4.90. The van der Waals surface area contributed by atoms with Crippen LogP contribution in [-0.2, 0) is 4.74 Å². The number of rotatable bonds is 4. The lowest BCUT2D eigenvalue weighted by atomic mass is 10.3. The number of aromatic nitrogens is 5. The summed E-state index contributed by atoms with van der Waals surface area (Å²) in [6.07, 6.45) is 3.51. The number of nitrogen functional groups attached to an aromatic ring is 1. The van der Waals surface area contributed by atoms with Crippen molar-refractivity contribution in [3.05, 3.63) is 18.5 Å². The predicted molar refractivity (Wildman–Crippen MR) is 77.1 cm³/mol. The molecule has 1 aliphatic heterocycles. The molecule has 0 saturated carbocycles. The third kappa shape index (κ3) is 3.44. The second-order valence-electron chi connectivity index (χ2n) is 4.90. The molecule has 0 bridgehead atoms. The van der Waals surface area contributed by atoms with Crippen molar-refractivity contribution in [3.63, 3.8) is 0 Å². The highest BCUT2D eigenvalue weighted by Crippen LogP contribution is 2.08. The molecule has 1 saturated heterocycles. The van der Waals surface area contributed by atoms with E-state index in [4.69, 9.17) is 10.5 Å². The first-order valence-electron chi connectivity index (χ1n) is 6.76. The smallest absolute Gasteiger partial charge is 0.257 e. The van der Waals surface area contributed by atoms with E-state index < -0.39 is 0 Å². The SMILES string of the molecule is CN1CCOC(CNc2nc(N)nc(-n3cccn3)n2)C1. The van der Waals surface area contributed by atoms with E-state index in [1.165, 1.54) is 4.68 Å². The molecule has 112 valence electrons. The lowest BCUT2D eigenvalue weighted by molar-refractivity contribution is -0.0118. The minimum absolute atomic E-state index is 0.106. The zero-order chi connectivity index (χ0) is 14.7. The average molecular weight is 290 g/mol. The lowest BCUT2D eigenvalue weighted by Gasteiger charge is -2.30. The molecule has 21 heavy (non-hydrogen) atoms. The van der Waals surface area contributed by atoms with Gasteiger partial charge in [-0.25, -0.2) is 4.68 Å². The van der Waals surface area contributed by atoms with Gasteiger partial charge in [-0.2, -0.15) is 20.1 Å². The van der Waals surface area contributed by atoms with Gasteiger partial charge in [0.2, 0.25) is 11.9 Å². The summed E-state index contributed by atoms with van der Waals surface area (Å²) in [5.41, 5.74) is 5.71. The number of likely N-dealkylation sites (N-methyl/N-ethyl adjacent to an activating group) is 1. The molecule has 9 nitrogen and oxygen atoms in total. The van der Waals surface area contributed by atoms with Crippen LogP contribution in [0.15, 0.2) is 18.5 Å². The van der Waals surface area contributed by atoms with E-state index >= 15 is 0 Å². The largest absolute Gasteiger partial charge is 0.374 e. The quantitative estimate of drug-likeness (QED) is 0.767. The normalized spacial score (nSPS) is 19.6. The maximum Gasteiger partial charge on any atom is 0.257 e. The van der Waals surface area contributed by atoms with Gasteiger partial charge in [-0.1, -0.05) is 0 Å². The first kappa shape index (κ1) is 13.7. The van der Waals surface area contributed by atoms with Gasteiger partial charge in [0, 0.05) is 32.0 Å². The molecule has 1 unspecified atom stereocenters. The summed E-state index contributed by atoms with van der Waals surface area (Å²) in [5.74, 6) is 0.959. The van der Waals surface area contributed by atoms with Crippen molar-refractivity contribution in [3.8, 4) is 5.95 Å². The van der Waals surface area contributed by atoms with Crippen LogP contribution in [0.2, 0.25) is 0 Å². The maximum absolute atomic E-state index is 5.71. The number of nitrogens with zero attached hydrogens (tertiary/aromatic N) is 6. The molecule has 1 atom stereocenters. The maximum atomic E-state index is 5.71. The number of nitrogens with one attached hydrogen (secondary N) is 1. The Kier molecular flexibility index (Phi) is 3.93. The number of hydrogen-bond acceptors (Lipinski definition) is 8. The van der Waals surface area contributed by atoms with Gasteiger partial charge in [-0.15, -0.1) is 0 Å². The van der Waals surface area contributed by atoms with Crippen molar-refractivity contribution in [2.75, 3.05) is 44.3 Å². The standard InChI is InChI=1S/C12H18N8O/c1-19-5-6-21-9(8-19)7-14-11-16-10(13)17-12(18-11)20-4-2-3-15-20/h2-4,9H,5-8H2,1H3,(H3,13,14,16,17,18). The summed E-state index contributed by atoms with van der Waals surface area (Å²) in [7, 11) is 2.08. The molecule has 0 radical (unpaired) electrons. The monoisotopic (exact) mass is 290 g/mol. The zero-order valence-electron chi connectivity index (χ0n) is 11.8. The topological polar surface area (TPSA) is 107 Å². The van der Waals surface area contributed by atoms with Gasteiger partial charge in [-0.05, 0) is 13.1 Å². The molecule has 9 heteroatoms. The summed E-state index contributed by atoms with van der Waals surface area (Å²) in [4.78, 5) is 14.7. The van der Waals surface area contributed by atoms with Crippen LogP contribution in [0.25, 0.3) is 5.95 Å². The van der Waals surface area contributed by atoms with Crippen LogP contribution >= 0.6 is 0 Å². The van der Waals surface area contributed by atoms with Crippen molar-refractivity contribution >= 4 is 11.9 Å². The fraction of sp³-hybridized carbons (Fsp3) is 0.500. The highest BCUT2D eigenvalue weighted by Gasteiger charge is 2.18. The Hall–Kier alpha value is -2.26. The van der Waals surface area contributed by atoms with Gasteiger partial charge in [0.05, 0.1) is 12.7 Å². The third-order valence-corrected chi connectivity index (χ3v) is 3.18. The molecular weight excluding hydrogens is 272 g/mol. The lowest BCUT2D eigenvalue weighted by Crippen LogP contribution is -2.43. The molecule has 2 aromatic heterocycles. The second kappa shape index (κ2) is 6.02. The fourth-order valence-corrected chi connectivity index (χ4v) is 2.14.